The first-order chi connectivity index (χ1) is 11.2. The smallest absolute Gasteiger partial charge is 0.217 e. The van der Waals surface area contributed by atoms with Crippen molar-refractivity contribution in [2.45, 2.75) is 25.7 Å². The second-order valence-corrected chi connectivity index (χ2v) is 7.97. The van der Waals surface area contributed by atoms with Crippen molar-refractivity contribution in [3.05, 3.63) is 34.9 Å². The number of halogens is 1. The summed E-state index contributed by atoms with van der Waals surface area (Å²) in [5.41, 5.74) is 3.80. The number of rotatable bonds is 3. The van der Waals surface area contributed by atoms with Crippen molar-refractivity contribution in [1.29, 1.82) is 0 Å². The predicted octanol–water partition coefficient (Wildman–Crippen LogP) is -1.74. The fourth-order valence-corrected chi connectivity index (χ4v) is 5.11. The van der Waals surface area contributed by atoms with Gasteiger partial charge in [0.05, 0.1) is 20.0 Å². The van der Waals surface area contributed by atoms with Gasteiger partial charge in [-0.1, -0.05) is 12.1 Å². The highest BCUT2D eigenvalue weighted by Crippen LogP contribution is 2.29. The summed E-state index contributed by atoms with van der Waals surface area (Å²) in [5, 5.41) is 0. The molecule has 1 aromatic rings. The Morgan fingerprint density at radius 1 is 0.917 bits per heavy atom. The Kier molecular flexibility index (Phi) is 4.45. The lowest BCUT2D eigenvalue weighted by Gasteiger charge is -2.60. The monoisotopic (exact) mass is 440 g/mol. The summed E-state index contributed by atoms with van der Waals surface area (Å²) in [6, 6.07) is 6.45. The van der Waals surface area contributed by atoms with Gasteiger partial charge in [0.2, 0.25) is 5.78 Å². The highest BCUT2D eigenvalue weighted by Gasteiger charge is 2.49. The molecule has 0 N–H and O–H groups in total. The molecule has 0 radical (unpaired) electrons. The van der Waals surface area contributed by atoms with E-state index in [1.54, 1.807) is 0 Å². The lowest BCUT2D eigenvalue weighted by atomic mass is 9.89. The lowest BCUT2D eigenvalue weighted by Crippen LogP contribution is -3.00. The van der Waals surface area contributed by atoms with Crippen molar-refractivity contribution in [3.63, 3.8) is 0 Å². The Bertz CT molecular complexity index is 627. The lowest BCUT2D eigenvalue weighted by molar-refractivity contribution is -0.973. The van der Waals surface area contributed by atoms with Gasteiger partial charge in [-0.25, -0.2) is 14.7 Å². The largest absolute Gasteiger partial charge is 1.00 e. The number of hydrogen-bond donors (Lipinski definition) is 0. The van der Waals surface area contributed by atoms with E-state index < -0.39 is 0 Å². The number of quaternary nitrogens is 1. The van der Waals surface area contributed by atoms with Crippen LogP contribution in [0, 0.1) is 0 Å². The van der Waals surface area contributed by atoms with Crippen LogP contribution < -0.4 is 24.0 Å². The molecular formula is C18H25IN4O. The Morgan fingerprint density at radius 3 is 2.12 bits per heavy atom. The third-order valence-electron chi connectivity index (χ3n) is 5.85. The van der Waals surface area contributed by atoms with Crippen LogP contribution in [-0.2, 0) is 12.8 Å². The van der Waals surface area contributed by atoms with Gasteiger partial charge in [0.1, 0.15) is 26.6 Å². The Balaban J connectivity index is 0.00000146. The zero-order chi connectivity index (χ0) is 15.4. The van der Waals surface area contributed by atoms with Crippen LogP contribution in [0.2, 0.25) is 0 Å². The fourth-order valence-electron chi connectivity index (χ4n) is 5.11. The second-order valence-electron chi connectivity index (χ2n) is 7.97. The van der Waals surface area contributed by atoms with Crippen LogP contribution >= 0.6 is 0 Å². The summed E-state index contributed by atoms with van der Waals surface area (Å²) in [6.45, 7) is 6.95. The van der Waals surface area contributed by atoms with Crippen molar-refractivity contribution in [3.8, 4) is 0 Å². The van der Waals surface area contributed by atoms with Crippen LogP contribution in [0.25, 0.3) is 0 Å². The molecule has 0 amide bonds. The van der Waals surface area contributed by atoms with Crippen LogP contribution in [0.4, 0.5) is 0 Å². The number of benzene rings is 1. The van der Waals surface area contributed by atoms with Crippen molar-refractivity contribution in [2.75, 3.05) is 46.6 Å². The molecule has 6 rings (SSSR count). The van der Waals surface area contributed by atoms with Crippen LogP contribution in [0.15, 0.2) is 18.2 Å². The molecule has 1 aromatic carbocycles. The van der Waals surface area contributed by atoms with E-state index in [9.17, 15) is 4.79 Å². The van der Waals surface area contributed by atoms with Gasteiger partial charge in [-0.2, -0.15) is 0 Å². The molecular weight excluding hydrogens is 415 g/mol. The highest BCUT2D eigenvalue weighted by molar-refractivity contribution is 5.97. The van der Waals surface area contributed by atoms with Crippen molar-refractivity contribution in [1.82, 2.24) is 14.7 Å². The summed E-state index contributed by atoms with van der Waals surface area (Å²) in [6.07, 6.45) is 4.89. The molecule has 0 spiro atoms. The number of fused-ring (bicyclic) bond motifs is 1. The average Bonchev–Trinajstić information content (AvgIpc) is 2.52. The van der Waals surface area contributed by atoms with E-state index in [0.29, 0.717) is 12.3 Å². The highest BCUT2D eigenvalue weighted by atomic mass is 127. The van der Waals surface area contributed by atoms with E-state index in [1.165, 1.54) is 30.4 Å². The van der Waals surface area contributed by atoms with Gasteiger partial charge in [0, 0.05) is 5.56 Å². The van der Waals surface area contributed by atoms with Crippen molar-refractivity contribution >= 4 is 5.78 Å². The van der Waals surface area contributed by atoms with Gasteiger partial charge >= 0.3 is 0 Å². The third kappa shape index (κ3) is 2.92. The van der Waals surface area contributed by atoms with Crippen LogP contribution in [-0.4, -0.2) is 71.5 Å². The molecule has 4 heterocycles. The normalized spacial score (nSPS) is 36.1. The minimum atomic E-state index is 0. The Morgan fingerprint density at radius 2 is 1.50 bits per heavy atom. The maximum atomic E-state index is 12.9. The summed E-state index contributed by atoms with van der Waals surface area (Å²) in [5.74, 6) is 0.323. The predicted molar refractivity (Wildman–Crippen MR) is 87.3 cm³/mol. The molecule has 0 unspecified atom stereocenters. The molecule has 0 atom stereocenters. The third-order valence-corrected chi connectivity index (χ3v) is 5.85. The van der Waals surface area contributed by atoms with E-state index >= 15 is 0 Å². The molecule has 5 aliphatic rings. The van der Waals surface area contributed by atoms with E-state index in [-0.39, 0.29) is 24.0 Å². The van der Waals surface area contributed by atoms with Crippen molar-refractivity contribution in [2.24, 2.45) is 0 Å². The molecule has 5 nitrogen and oxygen atoms in total. The van der Waals surface area contributed by atoms with E-state index in [4.69, 9.17) is 0 Å². The summed E-state index contributed by atoms with van der Waals surface area (Å²) in [7, 11) is 0. The van der Waals surface area contributed by atoms with Gasteiger partial charge < -0.3 is 24.0 Å². The number of carbonyl (C=O) groups excluding carboxylic acids is 1. The molecule has 4 bridgehead atoms. The number of ketones is 1. The van der Waals surface area contributed by atoms with Crippen LogP contribution in [0.1, 0.15) is 34.3 Å². The SMILES string of the molecule is O=C(C[N+]12CN3CN(CN(C3)C1)C2)c1ccc2c(c1)CCCC2.[I-]. The minimum absolute atomic E-state index is 0. The van der Waals surface area contributed by atoms with Crippen molar-refractivity contribution < 1.29 is 33.3 Å². The topological polar surface area (TPSA) is 26.8 Å². The second kappa shape index (κ2) is 6.32. The molecule has 6 heteroatoms. The quantitative estimate of drug-likeness (QED) is 0.317. The first-order valence-corrected chi connectivity index (χ1v) is 8.86. The van der Waals surface area contributed by atoms with Crippen LogP contribution in [0.5, 0.6) is 0 Å². The molecule has 0 saturated carbocycles. The number of aryl methyl sites for hydroxylation is 2. The standard InChI is InChI=1S/C18H25N4O.HI/c23-18(17-6-5-15-3-1-2-4-16(15)7-17)8-22-12-19-9-20(13-22)11-21(10-19)14-22;/h5-7H,1-4,8-14H2;1H/q+1;/p-1. The van der Waals surface area contributed by atoms with E-state index in [0.717, 1.165) is 56.5 Å². The molecule has 1 aliphatic carbocycles. The summed E-state index contributed by atoms with van der Waals surface area (Å²) >= 11 is 0. The number of hydrogen-bond acceptors (Lipinski definition) is 4. The summed E-state index contributed by atoms with van der Waals surface area (Å²) in [4.78, 5) is 20.4. The fraction of sp³-hybridized carbons (Fsp3) is 0.611. The molecule has 0 aromatic heterocycles. The molecule has 4 fully saturated rings. The average molecular weight is 440 g/mol. The Hall–Kier alpha value is -0.540. The number of Topliss-reactive ketones (excluding diaryl/α,β-unsaturated/α-hetero) is 1. The zero-order valence-corrected chi connectivity index (χ0v) is 16.2. The first-order valence-electron chi connectivity index (χ1n) is 8.86. The van der Waals surface area contributed by atoms with Gasteiger partial charge in [-0.15, -0.1) is 0 Å². The van der Waals surface area contributed by atoms with Gasteiger partial charge in [-0.05, 0) is 42.9 Å². The number of carbonyl (C=O) groups is 1. The maximum absolute atomic E-state index is 12.9. The molecule has 24 heavy (non-hydrogen) atoms. The van der Waals surface area contributed by atoms with E-state index in [2.05, 4.69) is 32.9 Å². The maximum Gasteiger partial charge on any atom is 0.217 e. The van der Waals surface area contributed by atoms with Gasteiger partial charge in [-0.3, -0.25) is 9.28 Å². The van der Waals surface area contributed by atoms with Gasteiger partial charge in [0.25, 0.3) is 0 Å². The molecule has 130 valence electrons. The molecule has 4 saturated heterocycles. The first kappa shape index (κ1) is 16.9. The van der Waals surface area contributed by atoms with E-state index in [1.807, 2.05) is 0 Å². The molecule has 4 aliphatic heterocycles. The number of nitrogens with zero attached hydrogens (tertiary/aromatic N) is 4. The van der Waals surface area contributed by atoms with Gasteiger partial charge in [0.15, 0.2) is 0 Å². The summed E-state index contributed by atoms with van der Waals surface area (Å²) < 4.78 is 0.899. The van der Waals surface area contributed by atoms with Crippen LogP contribution in [0.3, 0.4) is 0 Å². The minimum Gasteiger partial charge on any atom is -1.00 e. The Labute approximate surface area is 160 Å². The zero-order valence-electron chi connectivity index (χ0n) is 14.1.